The molecule has 136 valence electrons. The molecule has 0 atom stereocenters. The van der Waals surface area contributed by atoms with Gasteiger partial charge in [-0.25, -0.2) is 5.43 Å². The number of nitro groups is 1. The second-order valence-electron chi connectivity index (χ2n) is 6.41. The predicted molar refractivity (Wildman–Crippen MR) is 94.4 cm³/mol. The van der Waals surface area contributed by atoms with E-state index in [-0.39, 0.29) is 5.69 Å². The van der Waals surface area contributed by atoms with Crippen LogP contribution in [0.15, 0.2) is 45.9 Å². The molecule has 9 nitrogen and oxygen atoms in total. The highest BCUT2D eigenvalue weighted by Gasteiger charge is 2.19. The van der Waals surface area contributed by atoms with E-state index in [9.17, 15) is 19.7 Å². The fourth-order valence-electron chi connectivity index (χ4n) is 1.95. The number of carbonyl (C=O) groups excluding carboxylic acids is 2. The monoisotopic (exact) mass is 358 g/mol. The van der Waals surface area contributed by atoms with Crippen LogP contribution in [0.2, 0.25) is 0 Å². The first kappa shape index (κ1) is 18.8. The van der Waals surface area contributed by atoms with E-state index in [2.05, 4.69) is 15.8 Å². The summed E-state index contributed by atoms with van der Waals surface area (Å²) in [6, 6.07) is 9.20. The molecule has 0 unspecified atom stereocenters. The fraction of sp³-hybridized carbons (Fsp3) is 0.235. The van der Waals surface area contributed by atoms with Gasteiger partial charge in [-0.05, 0) is 32.9 Å². The smallest absolute Gasteiger partial charge is 0.329 e. The van der Waals surface area contributed by atoms with Crippen molar-refractivity contribution in [2.24, 2.45) is 5.10 Å². The first-order chi connectivity index (χ1) is 12.2. The molecule has 0 fully saturated rings. The van der Waals surface area contributed by atoms with Gasteiger partial charge in [0.25, 0.3) is 5.69 Å². The molecular formula is C17H18N4O5. The number of hydrazone groups is 1. The highest BCUT2D eigenvalue weighted by atomic mass is 16.6. The van der Waals surface area contributed by atoms with Gasteiger partial charge in [0, 0.05) is 23.2 Å². The Kier molecular flexibility index (Phi) is 5.51. The Morgan fingerprint density at radius 2 is 1.92 bits per heavy atom. The lowest BCUT2D eigenvalue weighted by atomic mass is 10.1. The minimum Gasteiger partial charge on any atom is -0.455 e. The van der Waals surface area contributed by atoms with E-state index < -0.39 is 22.3 Å². The standard InChI is InChI=1S/C17H18N4O5/c1-17(2,3)19-15(22)16(23)20-18-10-13-7-8-14(26-13)11-5-4-6-12(9-11)21(24)25/h4-10H,1-3H3,(H,19,22)(H,20,23)/b18-10+. The van der Waals surface area contributed by atoms with Crippen LogP contribution in [0.3, 0.4) is 0 Å². The van der Waals surface area contributed by atoms with Gasteiger partial charge in [0.05, 0.1) is 11.1 Å². The number of non-ortho nitro benzene ring substituents is 1. The average Bonchev–Trinajstić information content (AvgIpc) is 3.02. The highest BCUT2D eigenvalue weighted by Crippen LogP contribution is 2.25. The Labute approximate surface area is 149 Å². The second kappa shape index (κ2) is 7.60. The molecule has 1 heterocycles. The summed E-state index contributed by atoms with van der Waals surface area (Å²) in [7, 11) is 0. The van der Waals surface area contributed by atoms with Crippen LogP contribution in [0.5, 0.6) is 0 Å². The average molecular weight is 358 g/mol. The minimum absolute atomic E-state index is 0.0498. The highest BCUT2D eigenvalue weighted by molar-refractivity contribution is 6.35. The molecule has 1 aromatic carbocycles. The van der Waals surface area contributed by atoms with Crippen LogP contribution in [0, 0.1) is 10.1 Å². The number of nitrogens with zero attached hydrogens (tertiary/aromatic N) is 2. The summed E-state index contributed by atoms with van der Waals surface area (Å²) in [5.41, 5.74) is 2.05. The fourth-order valence-corrected chi connectivity index (χ4v) is 1.95. The van der Waals surface area contributed by atoms with Crippen molar-refractivity contribution in [3.05, 3.63) is 52.3 Å². The molecule has 0 aliphatic heterocycles. The largest absolute Gasteiger partial charge is 0.455 e. The lowest BCUT2D eigenvalue weighted by molar-refractivity contribution is -0.384. The Balaban J connectivity index is 2.01. The number of benzene rings is 1. The second-order valence-corrected chi connectivity index (χ2v) is 6.41. The van der Waals surface area contributed by atoms with Crippen molar-refractivity contribution in [3.63, 3.8) is 0 Å². The SMILES string of the molecule is CC(C)(C)NC(=O)C(=O)N/N=C/c1ccc(-c2cccc([N+](=O)[O-])c2)o1. The van der Waals surface area contributed by atoms with Crippen molar-refractivity contribution in [2.75, 3.05) is 0 Å². The molecule has 0 aliphatic carbocycles. The van der Waals surface area contributed by atoms with Crippen molar-refractivity contribution in [3.8, 4) is 11.3 Å². The van der Waals surface area contributed by atoms with Crippen LogP contribution in [0.1, 0.15) is 26.5 Å². The first-order valence-electron chi connectivity index (χ1n) is 7.66. The Bertz CT molecular complexity index is 864. The van der Waals surface area contributed by atoms with Gasteiger partial charge >= 0.3 is 11.8 Å². The molecule has 26 heavy (non-hydrogen) atoms. The van der Waals surface area contributed by atoms with E-state index in [0.29, 0.717) is 17.1 Å². The first-order valence-corrected chi connectivity index (χ1v) is 7.66. The van der Waals surface area contributed by atoms with E-state index in [1.54, 1.807) is 45.0 Å². The molecule has 2 amide bonds. The van der Waals surface area contributed by atoms with Crippen LogP contribution >= 0.6 is 0 Å². The molecule has 0 spiro atoms. The molecule has 2 N–H and O–H groups in total. The molecule has 0 saturated heterocycles. The third-order valence-corrected chi connectivity index (χ3v) is 3.02. The van der Waals surface area contributed by atoms with E-state index in [1.807, 2.05) is 0 Å². The number of hydrogen-bond acceptors (Lipinski definition) is 6. The van der Waals surface area contributed by atoms with Gasteiger partial charge < -0.3 is 9.73 Å². The van der Waals surface area contributed by atoms with Crippen molar-refractivity contribution in [2.45, 2.75) is 26.3 Å². The third kappa shape index (κ3) is 5.26. The van der Waals surface area contributed by atoms with Gasteiger partial charge in [-0.1, -0.05) is 12.1 Å². The zero-order chi connectivity index (χ0) is 19.3. The predicted octanol–water partition coefficient (Wildman–Crippen LogP) is 2.22. The van der Waals surface area contributed by atoms with Gasteiger partial charge in [0.15, 0.2) is 0 Å². The normalized spacial score (nSPS) is 11.3. The summed E-state index contributed by atoms with van der Waals surface area (Å²) < 4.78 is 5.50. The third-order valence-electron chi connectivity index (χ3n) is 3.02. The van der Waals surface area contributed by atoms with Crippen molar-refractivity contribution in [1.82, 2.24) is 10.7 Å². The number of nitrogens with one attached hydrogen (secondary N) is 2. The van der Waals surface area contributed by atoms with Crippen LogP contribution in [0.25, 0.3) is 11.3 Å². The number of carbonyl (C=O) groups is 2. The zero-order valence-electron chi connectivity index (χ0n) is 14.5. The van der Waals surface area contributed by atoms with Crippen molar-refractivity contribution < 1.29 is 18.9 Å². The maximum absolute atomic E-state index is 11.6. The van der Waals surface area contributed by atoms with E-state index in [0.717, 1.165) is 0 Å². The maximum Gasteiger partial charge on any atom is 0.329 e. The Morgan fingerprint density at radius 1 is 1.19 bits per heavy atom. The summed E-state index contributed by atoms with van der Waals surface area (Å²) in [5.74, 6) is -0.983. The minimum atomic E-state index is -0.901. The molecular weight excluding hydrogens is 340 g/mol. The number of furan rings is 1. The summed E-state index contributed by atoms with van der Waals surface area (Å²) in [6.07, 6.45) is 1.23. The van der Waals surface area contributed by atoms with E-state index in [1.165, 1.54) is 18.3 Å². The Hall–Kier alpha value is -3.49. The zero-order valence-corrected chi connectivity index (χ0v) is 14.5. The molecule has 0 radical (unpaired) electrons. The number of nitro benzene ring substituents is 1. The van der Waals surface area contributed by atoms with Crippen molar-refractivity contribution in [1.29, 1.82) is 0 Å². The lowest BCUT2D eigenvalue weighted by Crippen LogP contribution is -2.47. The summed E-state index contributed by atoms with van der Waals surface area (Å²) in [4.78, 5) is 33.5. The van der Waals surface area contributed by atoms with Crippen LogP contribution < -0.4 is 10.7 Å². The van der Waals surface area contributed by atoms with Gasteiger partial charge in [-0.15, -0.1) is 0 Å². The van der Waals surface area contributed by atoms with E-state index in [4.69, 9.17) is 4.42 Å². The van der Waals surface area contributed by atoms with Gasteiger partial charge in [0.1, 0.15) is 11.5 Å². The van der Waals surface area contributed by atoms with Crippen LogP contribution in [-0.2, 0) is 9.59 Å². The maximum atomic E-state index is 11.6. The van der Waals surface area contributed by atoms with Gasteiger partial charge in [0.2, 0.25) is 0 Å². The Morgan fingerprint density at radius 3 is 2.58 bits per heavy atom. The topological polar surface area (TPSA) is 127 Å². The molecule has 0 bridgehead atoms. The quantitative estimate of drug-likeness (QED) is 0.375. The molecule has 9 heteroatoms. The summed E-state index contributed by atoms with van der Waals surface area (Å²) in [5, 5.41) is 17.0. The van der Waals surface area contributed by atoms with E-state index >= 15 is 0 Å². The summed E-state index contributed by atoms with van der Waals surface area (Å²) in [6.45, 7) is 5.25. The molecule has 1 aromatic heterocycles. The molecule has 2 rings (SSSR count). The van der Waals surface area contributed by atoms with Crippen LogP contribution in [0.4, 0.5) is 5.69 Å². The van der Waals surface area contributed by atoms with Crippen LogP contribution in [-0.4, -0.2) is 28.5 Å². The van der Waals surface area contributed by atoms with Gasteiger partial charge in [-0.3, -0.25) is 19.7 Å². The summed E-state index contributed by atoms with van der Waals surface area (Å²) >= 11 is 0. The van der Waals surface area contributed by atoms with Gasteiger partial charge in [-0.2, -0.15) is 5.10 Å². The number of rotatable bonds is 4. The van der Waals surface area contributed by atoms with Crippen molar-refractivity contribution >= 4 is 23.7 Å². The number of amides is 2. The lowest BCUT2D eigenvalue weighted by Gasteiger charge is -2.19. The number of hydrogen-bond donors (Lipinski definition) is 2. The molecule has 2 aromatic rings. The molecule has 0 aliphatic rings. The molecule has 0 saturated carbocycles.